The van der Waals surface area contributed by atoms with Crippen molar-refractivity contribution in [1.29, 1.82) is 0 Å². The van der Waals surface area contributed by atoms with Crippen LogP contribution in [-0.2, 0) is 27.8 Å². The minimum absolute atomic E-state index is 0.0582. The molecule has 0 amide bonds. The Bertz CT molecular complexity index is 1200. The molecule has 9 heteroatoms. The van der Waals surface area contributed by atoms with Crippen LogP contribution in [0, 0.1) is 6.92 Å². The average molecular weight is 462 g/mol. The van der Waals surface area contributed by atoms with E-state index in [0.29, 0.717) is 5.75 Å². The van der Waals surface area contributed by atoms with Gasteiger partial charge in [-0.2, -0.15) is 8.42 Å². The van der Waals surface area contributed by atoms with Gasteiger partial charge in [-0.25, -0.2) is 13.6 Å². The molecule has 2 aromatic carbocycles. The number of aromatic nitrogens is 2. The van der Waals surface area contributed by atoms with Gasteiger partial charge in [0.05, 0.1) is 22.3 Å². The molecule has 1 atom stereocenters. The van der Waals surface area contributed by atoms with Crippen molar-refractivity contribution in [2.24, 2.45) is 12.8 Å². The van der Waals surface area contributed by atoms with Gasteiger partial charge in [-0.15, -0.1) is 0 Å². The van der Waals surface area contributed by atoms with E-state index in [-0.39, 0.29) is 23.4 Å². The topological polar surface area (TPSA) is 96.4 Å². The second kappa shape index (κ2) is 10.2. The lowest BCUT2D eigenvalue weighted by Gasteiger charge is -2.16. The lowest BCUT2D eigenvalue weighted by atomic mass is 10.2. The fourth-order valence-corrected chi connectivity index (χ4v) is 4.16. The van der Waals surface area contributed by atoms with E-state index >= 15 is 0 Å². The van der Waals surface area contributed by atoms with Crippen LogP contribution in [0.25, 0.3) is 11.0 Å². The van der Waals surface area contributed by atoms with E-state index in [4.69, 9.17) is 14.7 Å². The summed E-state index contributed by atoms with van der Waals surface area (Å²) in [6, 6.07) is 11.5. The Morgan fingerprint density at radius 1 is 1.25 bits per heavy atom. The SMILES string of the molecule is CCCCc1nc2cc(OC/C(=C\F)C(N)OS(=O)(=O)c3ccc(C)cc3)ccc2n1C. The highest BCUT2D eigenvalue weighted by Gasteiger charge is 2.23. The van der Waals surface area contributed by atoms with Crippen LogP contribution in [0.2, 0.25) is 0 Å². The van der Waals surface area contributed by atoms with E-state index in [9.17, 15) is 12.8 Å². The van der Waals surface area contributed by atoms with Gasteiger partial charge < -0.3 is 15.0 Å². The number of nitrogens with two attached hydrogens (primary N) is 1. The third-order valence-electron chi connectivity index (χ3n) is 5.15. The number of ether oxygens (including phenoxy) is 1. The van der Waals surface area contributed by atoms with Crippen LogP contribution in [0.1, 0.15) is 31.2 Å². The van der Waals surface area contributed by atoms with Gasteiger partial charge in [-0.05, 0) is 37.6 Å². The molecule has 1 heterocycles. The molecule has 0 aliphatic carbocycles. The van der Waals surface area contributed by atoms with E-state index in [1.807, 2.05) is 24.6 Å². The zero-order valence-electron chi connectivity index (χ0n) is 18.4. The van der Waals surface area contributed by atoms with Crippen LogP contribution in [0.3, 0.4) is 0 Å². The molecule has 0 radical (unpaired) electrons. The standard InChI is InChI=1S/C23H28FN3O4S/c1-4-5-6-22-26-20-13-18(9-12-21(20)27(22)3)30-15-17(14-24)23(25)31-32(28,29)19-10-7-16(2)8-11-19/h7-14,23H,4-6,15,25H2,1-3H3/b17-14+. The minimum atomic E-state index is -4.15. The summed E-state index contributed by atoms with van der Waals surface area (Å²) in [5, 5.41) is 0. The predicted molar refractivity (Wildman–Crippen MR) is 121 cm³/mol. The lowest BCUT2D eigenvalue weighted by Crippen LogP contribution is -2.31. The van der Waals surface area contributed by atoms with Crippen molar-refractivity contribution in [3.63, 3.8) is 0 Å². The van der Waals surface area contributed by atoms with Crippen molar-refractivity contribution < 1.29 is 21.7 Å². The van der Waals surface area contributed by atoms with E-state index in [2.05, 4.69) is 11.9 Å². The van der Waals surface area contributed by atoms with Crippen LogP contribution >= 0.6 is 0 Å². The number of nitrogens with zero attached hydrogens (tertiary/aromatic N) is 2. The summed E-state index contributed by atoms with van der Waals surface area (Å²) in [6.45, 7) is 3.69. The maximum absolute atomic E-state index is 13.5. The van der Waals surface area contributed by atoms with Crippen LogP contribution in [0.4, 0.5) is 4.39 Å². The van der Waals surface area contributed by atoms with Crippen molar-refractivity contribution in [3.8, 4) is 5.75 Å². The number of aryl methyl sites for hydroxylation is 3. The summed E-state index contributed by atoms with van der Waals surface area (Å²) >= 11 is 0. The van der Waals surface area contributed by atoms with Gasteiger partial charge in [0.2, 0.25) is 0 Å². The fraction of sp³-hybridized carbons (Fsp3) is 0.348. The molecule has 0 fully saturated rings. The van der Waals surface area contributed by atoms with Crippen molar-refractivity contribution >= 4 is 21.2 Å². The second-order valence-corrected chi connectivity index (χ2v) is 9.17. The Morgan fingerprint density at radius 3 is 2.62 bits per heavy atom. The van der Waals surface area contributed by atoms with E-state index in [0.717, 1.165) is 41.7 Å². The number of hydrogen-bond acceptors (Lipinski definition) is 6. The van der Waals surface area contributed by atoms with E-state index in [1.54, 1.807) is 24.3 Å². The molecule has 0 saturated carbocycles. The molecule has 0 aliphatic heterocycles. The molecule has 1 unspecified atom stereocenters. The molecule has 0 bridgehead atoms. The van der Waals surface area contributed by atoms with Crippen molar-refractivity contribution in [1.82, 2.24) is 9.55 Å². The summed E-state index contributed by atoms with van der Waals surface area (Å²) in [4.78, 5) is 4.59. The highest BCUT2D eigenvalue weighted by molar-refractivity contribution is 7.86. The first-order chi connectivity index (χ1) is 15.2. The van der Waals surface area contributed by atoms with Crippen LogP contribution in [0.5, 0.6) is 5.75 Å². The number of imidazole rings is 1. The number of fused-ring (bicyclic) bond motifs is 1. The summed E-state index contributed by atoms with van der Waals surface area (Å²) in [5.74, 6) is 1.45. The maximum Gasteiger partial charge on any atom is 0.298 e. The average Bonchev–Trinajstić information content (AvgIpc) is 3.07. The first-order valence-corrected chi connectivity index (χ1v) is 11.8. The molecule has 0 saturated heterocycles. The molecule has 32 heavy (non-hydrogen) atoms. The maximum atomic E-state index is 13.5. The number of unbranched alkanes of at least 4 members (excludes halogenated alkanes) is 1. The van der Waals surface area contributed by atoms with Gasteiger partial charge in [0.25, 0.3) is 10.1 Å². The first kappa shape index (κ1) is 23.9. The number of rotatable bonds is 10. The quantitative estimate of drug-likeness (QED) is 0.360. The zero-order chi connectivity index (χ0) is 23.3. The number of hydrogen-bond donors (Lipinski definition) is 1. The van der Waals surface area contributed by atoms with Gasteiger partial charge in [0, 0.05) is 25.1 Å². The van der Waals surface area contributed by atoms with Gasteiger partial charge in [-0.3, -0.25) is 0 Å². The summed E-state index contributed by atoms with van der Waals surface area (Å²) in [5.41, 5.74) is 8.28. The molecular weight excluding hydrogens is 433 g/mol. The van der Waals surface area contributed by atoms with Gasteiger partial charge in [0.15, 0.2) is 6.23 Å². The summed E-state index contributed by atoms with van der Waals surface area (Å²) in [7, 11) is -2.19. The Morgan fingerprint density at radius 2 is 1.97 bits per heavy atom. The van der Waals surface area contributed by atoms with Crippen LogP contribution in [-0.4, -0.2) is 30.8 Å². The highest BCUT2D eigenvalue weighted by atomic mass is 32.2. The minimum Gasteiger partial charge on any atom is -0.489 e. The van der Waals surface area contributed by atoms with E-state index in [1.165, 1.54) is 12.1 Å². The zero-order valence-corrected chi connectivity index (χ0v) is 19.2. The monoisotopic (exact) mass is 461 g/mol. The second-order valence-electron chi connectivity index (χ2n) is 7.60. The Kier molecular flexibility index (Phi) is 7.65. The molecule has 2 N–H and O–H groups in total. The lowest BCUT2D eigenvalue weighted by molar-refractivity contribution is 0.225. The molecule has 3 rings (SSSR count). The third-order valence-corrected chi connectivity index (χ3v) is 6.46. The molecule has 1 aromatic heterocycles. The molecular formula is C23H28FN3O4S. The third kappa shape index (κ3) is 5.53. The van der Waals surface area contributed by atoms with Gasteiger partial charge in [0.1, 0.15) is 18.2 Å². The van der Waals surface area contributed by atoms with Gasteiger partial charge in [-0.1, -0.05) is 31.0 Å². The molecule has 7 nitrogen and oxygen atoms in total. The Labute approximate surface area is 187 Å². The molecule has 0 aliphatic rings. The van der Waals surface area contributed by atoms with Crippen LogP contribution < -0.4 is 10.5 Å². The number of benzene rings is 2. The Hall–Kier alpha value is -2.75. The normalized spacial score (nSPS) is 13.5. The van der Waals surface area contributed by atoms with Gasteiger partial charge >= 0.3 is 0 Å². The predicted octanol–water partition coefficient (Wildman–Crippen LogP) is 4.15. The molecule has 0 spiro atoms. The summed E-state index contributed by atoms with van der Waals surface area (Å²) < 4.78 is 50.9. The summed E-state index contributed by atoms with van der Waals surface area (Å²) in [6.07, 6.45) is 1.70. The van der Waals surface area contributed by atoms with Crippen molar-refractivity contribution in [3.05, 3.63) is 65.8 Å². The molecule has 172 valence electrons. The van der Waals surface area contributed by atoms with E-state index < -0.39 is 16.3 Å². The molecule has 3 aromatic rings. The fourth-order valence-electron chi connectivity index (χ4n) is 3.18. The van der Waals surface area contributed by atoms with Crippen molar-refractivity contribution in [2.75, 3.05) is 6.61 Å². The van der Waals surface area contributed by atoms with Crippen LogP contribution in [0.15, 0.2) is 59.3 Å². The largest absolute Gasteiger partial charge is 0.489 e. The Balaban J connectivity index is 1.68. The number of halogens is 1. The van der Waals surface area contributed by atoms with Crippen molar-refractivity contribution in [2.45, 2.75) is 44.2 Å². The highest BCUT2D eigenvalue weighted by Crippen LogP contribution is 2.23. The first-order valence-electron chi connectivity index (χ1n) is 10.4. The smallest absolute Gasteiger partial charge is 0.298 e.